The molecule has 62 heavy (non-hydrogen) atoms. The molecule has 0 bridgehead atoms. The van der Waals surface area contributed by atoms with Crippen LogP contribution in [0.1, 0.15) is 116 Å². The molecule has 1 fully saturated rings. The smallest absolute Gasteiger partial charge is 0.00928 e. The molecule has 0 heterocycles. The Bertz CT molecular complexity index is 2510. The fourth-order valence-corrected chi connectivity index (χ4v) is 8.40. The molecule has 0 amide bonds. The maximum atomic E-state index is 3.48. The van der Waals surface area contributed by atoms with Crippen molar-refractivity contribution in [2.75, 3.05) is 0 Å². The van der Waals surface area contributed by atoms with Crippen LogP contribution in [0.3, 0.4) is 0 Å². The quantitative estimate of drug-likeness (QED) is 0.108. The summed E-state index contributed by atoms with van der Waals surface area (Å²) in [6, 6.07) is 68.2. The van der Waals surface area contributed by atoms with E-state index in [4.69, 9.17) is 0 Å². The maximum Gasteiger partial charge on any atom is 0.00928 e. The summed E-state index contributed by atoms with van der Waals surface area (Å²) in [6.07, 6.45) is 12.0. The highest BCUT2D eigenvalue weighted by Crippen LogP contribution is 2.38. The average molecular weight is 813 g/mol. The van der Waals surface area contributed by atoms with Crippen molar-refractivity contribution in [1.29, 1.82) is 0 Å². The largest absolute Gasteiger partial charge is 0.103 e. The zero-order valence-corrected chi connectivity index (χ0v) is 38.1. The predicted molar refractivity (Wildman–Crippen MR) is 273 cm³/mol. The number of rotatable bonds is 12. The van der Waals surface area contributed by atoms with Crippen LogP contribution < -0.4 is 0 Å². The van der Waals surface area contributed by atoms with Gasteiger partial charge in [-0.3, -0.25) is 0 Å². The summed E-state index contributed by atoms with van der Waals surface area (Å²) in [5, 5.41) is 5.40. The van der Waals surface area contributed by atoms with Crippen LogP contribution in [0.2, 0.25) is 0 Å². The van der Waals surface area contributed by atoms with E-state index in [1.807, 2.05) is 24.3 Å². The SMILES string of the molecule is C=CCC.CCC(CCC1CC1)c1ccc(C(CC)c2cccc3ccccc23)cc1.Cc1ccc(-c2ccc(Cc3cccc4ccccc34)cc2)cc1.Cc1ccccc1. The minimum absolute atomic E-state index is 0.469. The Hall–Kier alpha value is -5.98. The van der Waals surface area contributed by atoms with Gasteiger partial charge in [-0.1, -0.05) is 239 Å². The van der Waals surface area contributed by atoms with Crippen molar-refractivity contribution in [1.82, 2.24) is 0 Å². The highest BCUT2D eigenvalue weighted by atomic mass is 14.3. The van der Waals surface area contributed by atoms with E-state index < -0.39 is 0 Å². The van der Waals surface area contributed by atoms with Crippen molar-refractivity contribution < 1.29 is 0 Å². The Morgan fingerprint density at radius 1 is 0.516 bits per heavy atom. The van der Waals surface area contributed by atoms with E-state index in [0.29, 0.717) is 5.92 Å². The minimum Gasteiger partial charge on any atom is -0.103 e. The first-order valence-electron chi connectivity index (χ1n) is 23.2. The Balaban J connectivity index is 0.000000167. The molecule has 0 saturated heterocycles. The Kier molecular flexibility index (Phi) is 17.5. The molecule has 0 spiro atoms. The third-order valence-electron chi connectivity index (χ3n) is 12.4. The molecule has 9 rings (SSSR count). The van der Waals surface area contributed by atoms with Gasteiger partial charge < -0.3 is 0 Å². The van der Waals surface area contributed by atoms with Crippen molar-refractivity contribution in [2.24, 2.45) is 5.92 Å². The number of fused-ring (bicyclic) bond motifs is 2. The van der Waals surface area contributed by atoms with Gasteiger partial charge in [-0.15, -0.1) is 6.58 Å². The van der Waals surface area contributed by atoms with Crippen LogP contribution in [0.4, 0.5) is 0 Å². The number of benzene rings is 8. The second-order valence-electron chi connectivity index (χ2n) is 17.1. The molecule has 1 aliphatic carbocycles. The molecular weight excluding hydrogens is 745 g/mol. The van der Waals surface area contributed by atoms with Crippen LogP contribution in [0.25, 0.3) is 32.7 Å². The monoisotopic (exact) mass is 813 g/mol. The molecule has 8 aromatic rings. The lowest BCUT2D eigenvalue weighted by Crippen LogP contribution is -2.03. The molecule has 0 radical (unpaired) electrons. The van der Waals surface area contributed by atoms with Crippen LogP contribution in [0.5, 0.6) is 0 Å². The topological polar surface area (TPSA) is 0 Å². The van der Waals surface area contributed by atoms with Crippen molar-refractivity contribution in [3.8, 4) is 11.1 Å². The van der Waals surface area contributed by atoms with Gasteiger partial charge in [0, 0.05) is 5.92 Å². The Morgan fingerprint density at radius 3 is 1.60 bits per heavy atom. The van der Waals surface area contributed by atoms with Gasteiger partial charge in [0.1, 0.15) is 0 Å². The van der Waals surface area contributed by atoms with Gasteiger partial charge in [0.05, 0.1) is 0 Å². The van der Waals surface area contributed by atoms with Crippen LogP contribution in [0, 0.1) is 19.8 Å². The van der Waals surface area contributed by atoms with Crippen LogP contribution in [0.15, 0.2) is 201 Å². The number of hydrogen-bond donors (Lipinski definition) is 0. The lowest BCUT2D eigenvalue weighted by molar-refractivity contribution is 0.547. The van der Waals surface area contributed by atoms with Crippen molar-refractivity contribution in [3.63, 3.8) is 0 Å². The second kappa shape index (κ2) is 23.9. The summed E-state index contributed by atoms with van der Waals surface area (Å²) < 4.78 is 0. The van der Waals surface area contributed by atoms with Crippen LogP contribution in [-0.2, 0) is 6.42 Å². The molecule has 0 aromatic heterocycles. The molecule has 0 N–H and O–H groups in total. The first-order valence-corrected chi connectivity index (χ1v) is 23.2. The third-order valence-corrected chi connectivity index (χ3v) is 12.4. The van der Waals surface area contributed by atoms with E-state index in [2.05, 4.69) is 211 Å². The van der Waals surface area contributed by atoms with Gasteiger partial charge >= 0.3 is 0 Å². The van der Waals surface area contributed by atoms with Gasteiger partial charge in [0.15, 0.2) is 0 Å². The van der Waals surface area contributed by atoms with Gasteiger partial charge in [-0.05, 0) is 125 Å². The minimum atomic E-state index is 0.469. The molecule has 316 valence electrons. The van der Waals surface area contributed by atoms with Gasteiger partial charge in [0.2, 0.25) is 0 Å². The van der Waals surface area contributed by atoms with Crippen molar-refractivity contribution >= 4 is 21.5 Å². The predicted octanol–water partition coefficient (Wildman–Crippen LogP) is 18.0. The van der Waals surface area contributed by atoms with Crippen molar-refractivity contribution in [2.45, 2.75) is 97.8 Å². The summed E-state index contributed by atoms with van der Waals surface area (Å²) >= 11 is 0. The van der Waals surface area contributed by atoms with Gasteiger partial charge in [-0.2, -0.15) is 0 Å². The molecule has 2 atom stereocenters. The van der Waals surface area contributed by atoms with E-state index in [9.17, 15) is 0 Å². The summed E-state index contributed by atoms with van der Waals surface area (Å²) in [4.78, 5) is 0. The van der Waals surface area contributed by atoms with E-state index in [1.54, 1.807) is 0 Å². The summed E-state index contributed by atoms with van der Waals surface area (Å²) in [7, 11) is 0. The third kappa shape index (κ3) is 13.3. The first kappa shape index (κ1) is 45.5. The van der Waals surface area contributed by atoms with Crippen LogP contribution >= 0.6 is 0 Å². The fourth-order valence-electron chi connectivity index (χ4n) is 8.40. The molecule has 1 aliphatic rings. The zero-order chi connectivity index (χ0) is 43.5. The van der Waals surface area contributed by atoms with E-state index >= 15 is 0 Å². The molecule has 8 aromatic carbocycles. The van der Waals surface area contributed by atoms with E-state index in [1.165, 1.54) is 104 Å². The molecule has 0 heteroatoms. The average Bonchev–Trinajstić information content (AvgIpc) is 4.16. The Labute approximate surface area is 374 Å². The first-order chi connectivity index (χ1) is 30.4. The van der Waals surface area contributed by atoms with Crippen LogP contribution in [-0.4, -0.2) is 0 Å². The maximum absolute atomic E-state index is 3.48. The van der Waals surface area contributed by atoms with Gasteiger partial charge in [-0.25, -0.2) is 0 Å². The standard InChI is InChI=1S/C27H32.C24H20.C7H8.C4H8/c1-3-21(15-14-20-12-13-20)22-16-18-24(19-17-22)25(4-2)27-11-7-9-23-8-5-6-10-26(23)27;1-18-9-13-20(14-10-18)21-15-11-19(12-16-21)17-23-7-4-6-22-5-2-3-8-24(22)23;1-7-5-3-2-4-6-7;1-3-4-2/h5-11,16-21,25H,3-4,12-15H2,1-2H3;2-16H,17H2,1H3;2-6H,1H3;3H,1,4H2,2H3. The number of allylic oxidation sites excluding steroid dienone is 1. The molecule has 1 saturated carbocycles. The van der Waals surface area contributed by atoms with Crippen molar-refractivity contribution in [3.05, 3.63) is 240 Å². The molecule has 0 nitrogen and oxygen atoms in total. The summed E-state index contributed by atoms with van der Waals surface area (Å²) in [5.41, 5.74) is 12.4. The normalized spacial score (nSPS) is 12.7. The van der Waals surface area contributed by atoms with E-state index in [0.717, 1.165) is 31.1 Å². The highest BCUT2D eigenvalue weighted by Gasteiger charge is 2.23. The second-order valence-corrected chi connectivity index (χ2v) is 17.1. The number of hydrogen-bond acceptors (Lipinski definition) is 0. The molecule has 0 aliphatic heterocycles. The van der Waals surface area contributed by atoms with Gasteiger partial charge in [0.25, 0.3) is 0 Å². The summed E-state index contributed by atoms with van der Waals surface area (Å²) in [5.74, 6) is 2.24. The highest BCUT2D eigenvalue weighted by molar-refractivity contribution is 5.87. The summed E-state index contributed by atoms with van der Waals surface area (Å²) in [6.45, 7) is 14.4. The molecular formula is C62H68. The van der Waals surface area contributed by atoms with E-state index in [-0.39, 0.29) is 0 Å². The number of aryl methyl sites for hydroxylation is 2. The zero-order valence-electron chi connectivity index (χ0n) is 38.1. The fraction of sp³-hybridized carbons (Fsp3) is 0.258. The Morgan fingerprint density at radius 2 is 1.03 bits per heavy atom. The lowest BCUT2D eigenvalue weighted by atomic mass is 9.84. The lowest BCUT2D eigenvalue weighted by Gasteiger charge is -2.20. The molecule has 2 unspecified atom stereocenters.